The Hall–Kier alpha value is -2.98. The predicted molar refractivity (Wildman–Crippen MR) is 187 cm³/mol. The summed E-state index contributed by atoms with van der Waals surface area (Å²) in [5.41, 5.74) is 6.62. The first-order valence-electron chi connectivity index (χ1n) is 15.8. The Labute approximate surface area is 259 Å². The zero-order valence-corrected chi connectivity index (χ0v) is 29.5. The molecule has 0 unspecified atom stereocenters. The van der Waals surface area contributed by atoms with Crippen LogP contribution in [0.5, 0.6) is 5.75 Å². The second-order valence-electron chi connectivity index (χ2n) is 11.2. The zero-order valence-electron chi connectivity index (χ0n) is 29.5. The third-order valence-electron chi connectivity index (χ3n) is 7.92. The number of ether oxygens (including phenoxy) is 1. The third kappa shape index (κ3) is 9.01. The van der Waals surface area contributed by atoms with Crippen molar-refractivity contribution in [3.05, 3.63) is 89.5 Å². The van der Waals surface area contributed by atoms with E-state index in [9.17, 15) is 0 Å². The summed E-state index contributed by atoms with van der Waals surface area (Å²) in [4.78, 5) is 5.18. The first-order chi connectivity index (χ1) is 19.9. The van der Waals surface area contributed by atoms with Crippen molar-refractivity contribution in [2.75, 3.05) is 16.9 Å². The first-order valence-corrected chi connectivity index (χ1v) is 15.8. The lowest BCUT2D eigenvalue weighted by Crippen LogP contribution is -2.54. The fraction of sp³-hybridized carbons (Fsp3) is 0.526. The highest BCUT2D eigenvalue weighted by atomic mass is 16.5. The van der Waals surface area contributed by atoms with Gasteiger partial charge in [0.05, 0.1) is 23.3 Å². The van der Waals surface area contributed by atoms with Crippen molar-refractivity contribution in [2.24, 2.45) is 0 Å². The van der Waals surface area contributed by atoms with E-state index in [0.29, 0.717) is 0 Å². The molecule has 0 aliphatic carbocycles. The molecule has 0 amide bonds. The number of aliphatic hydroxyl groups excluding tert-OH is 1. The molecule has 3 aromatic carbocycles. The Morgan fingerprint density at radius 2 is 1.05 bits per heavy atom. The third-order valence-corrected chi connectivity index (χ3v) is 7.92. The van der Waals surface area contributed by atoms with Gasteiger partial charge in [-0.15, -0.1) is 0 Å². The van der Waals surface area contributed by atoms with Gasteiger partial charge in [-0.3, -0.25) is 0 Å². The molecular formula is C38H62N2O2. The molecule has 4 heteroatoms. The average molecular weight is 579 g/mol. The van der Waals surface area contributed by atoms with Gasteiger partial charge in [0.25, 0.3) is 0 Å². The minimum atomic E-state index is 0.000805. The van der Waals surface area contributed by atoms with Gasteiger partial charge in [0, 0.05) is 18.5 Å². The number of aryl methyl sites for hydroxylation is 3. The summed E-state index contributed by atoms with van der Waals surface area (Å²) in [6.45, 7) is 30.5. The largest absolute Gasteiger partial charge is 0.491 e. The first kappa shape index (κ1) is 39.0. The van der Waals surface area contributed by atoms with Crippen molar-refractivity contribution in [1.29, 1.82) is 0 Å². The summed E-state index contributed by atoms with van der Waals surface area (Å²) in [6, 6.07) is 25.7. The van der Waals surface area contributed by atoms with E-state index in [-0.39, 0.29) is 23.3 Å². The van der Waals surface area contributed by atoms with E-state index in [1.165, 1.54) is 28.1 Å². The Bertz CT molecular complexity index is 1090. The molecule has 1 N–H and O–H groups in total. The molecule has 0 spiro atoms. The summed E-state index contributed by atoms with van der Waals surface area (Å²) >= 11 is 0. The maximum Gasteiger partial charge on any atom is 0.122 e. The van der Waals surface area contributed by atoms with E-state index in [0.717, 1.165) is 19.3 Å². The number of nitrogens with zero attached hydrogens (tertiary/aromatic N) is 2. The van der Waals surface area contributed by atoms with Gasteiger partial charge in [-0.1, -0.05) is 89.2 Å². The lowest BCUT2D eigenvalue weighted by atomic mass is 9.81. The molecule has 0 aromatic heterocycles. The number of anilines is 2. The van der Waals surface area contributed by atoms with Crippen LogP contribution in [0.1, 0.15) is 99.8 Å². The van der Waals surface area contributed by atoms with Crippen LogP contribution < -0.4 is 14.5 Å². The van der Waals surface area contributed by atoms with Crippen molar-refractivity contribution in [2.45, 2.75) is 127 Å². The number of para-hydroxylation sites is 3. The highest BCUT2D eigenvalue weighted by Gasteiger charge is 2.56. The molecule has 1 heterocycles. The van der Waals surface area contributed by atoms with Crippen LogP contribution in [-0.2, 0) is 6.42 Å². The molecule has 4 rings (SSSR count). The Morgan fingerprint density at radius 3 is 1.40 bits per heavy atom. The molecule has 236 valence electrons. The van der Waals surface area contributed by atoms with Gasteiger partial charge in [0.1, 0.15) is 5.75 Å². The molecule has 0 atom stereocenters. The van der Waals surface area contributed by atoms with Crippen LogP contribution in [-0.4, -0.2) is 35.6 Å². The van der Waals surface area contributed by atoms with Crippen molar-refractivity contribution in [3.8, 4) is 5.75 Å². The number of hydrogen-bond acceptors (Lipinski definition) is 4. The highest BCUT2D eigenvalue weighted by Crippen LogP contribution is 2.49. The van der Waals surface area contributed by atoms with Gasteiger partial charge >= 0.3 is 0 Å². The van der Waals surface area contributed by atoms with Crippen molar-refractivity contribution in [3.63, 3.8) is 0 Å². The molecule has 4 nitrogen and oxygen atoms in total. The minimum absolute atomic E-state index is 0.000805. The molecular weight excluding hydrogens is 516 g/mol. The normalized spacial score (nSPS) is 14.7. The quantitative estimate of drug-likeness (QED) is 0.327. The molecule has 1 aliphatic heterocycles. The van der Waals surface area contributed by atoms with E-state index in [1.54, 1.807) is 0 Å². The lowest BCUT2D eigenvalue weighted by molar-refractivity contribution is 0.240. The topological polar surface area (TPSA) is 35.9 Å². The van der Waals surface area contributed by atoms with Gasteiger partial charge in [0.2, 0.25) is 0 Å². The fourth-order valence-corrected chi connectivity index (χ4v) is 5.48. The van der Waals surface area contributed by atoms with E-state index in [2.05, 4.69) is 120 Å². The predicted octanol–water partition coefficient (Wildman–Crippen LogP) is 10.2. The SMILES string of the molecule is CC.CC.CCc1ccccc1OC(C)C.CO.Cc1ccccc1N1C(C)N(c2ccccc2C)C(C)(C)C1(C)C. The molecule has 42 heavy (non-hydrogen) atoms. The summed E-state index contributed by atoms with van der Waals surface area (Å²) in [5.74, 6) is 1.02. The van der Waals surface area contributed by atoms with Crippen molar-refractivity contribution >= 4 is 11.4 Å². The number of hydrogen-bond donors (Lipinski definition) is 1. The van der Waals surface area contributed by atoms with E-state index in [4.69, 9.17) is 9.84 Å². The van der Waals surface area contributed by atoms with Crippen LogP contribution in [0.3, 0.4) is 0 Å². The Balaban J connectivity index is 0.000000787. The summed E-state index contributed by atoms with van der Waals surface area (Å²) in [5, 5.41) is 7.00. The second-order valence-corrected chi connectivity index (χ2v) is 11.2. The van der Waals surface area contributed by atoms with Crippen molar-refractivity contribution in [1.82, 2.24) is 0 Å². The molecule has 0 saturated carbocycles. The number of aliphatic hydroxyl groups is 1. The molecule has 3 aromatic rings. The van der Waals surface area contributed by atoms with Crippen LogP contribution >= 0.6 is 0 Å². The van der Waals surface area contributed by atoms with Crippen LogP contribution in [0.2, 0.25) is 0 Å². The van der Waals surface area contributed by atoms with Gasteiger partial charge in [0.15, 0.2) is 0 Å². The summed E-state index contributed by atoms with van der Waals surface area (Å²) in [6.07, 6.45) is 1.58. The Morgan fingerprint density at radius 1 is 0.690 bits per heavy atom. The highest BCUT2D eigenvalue weighted by molar-refractivity contribution is 5.67. The van der Waals surface area contributed by atoms with Crippen LogP contribution in [0, 0.1) is 13.8 Å². The van der Waals surface area contributed by atoms with E-state index in [1.807, 2.05) is 59.7 Å². The molecule has 0 radical (unpaired) electrons. The standard InChI is InChI=1S/C22H30N2.C11H16O.2C2H6.CH4O/c1-16-12-8-10-14-19(16)23-18(3)24(22(6,7)21(23,4)5)20-15-11-9-13-17(20)2;1-4-10-7-5-6-8-11(10)12-9(2)3;3*1-2/h8-15,18H,1-7H3;5-9H,4H2,1-3H3;2*1-2H3;2H,1H3. The molecule has 0 bridgehead atoms. The van der Waals surface area contributed by atoms with Crippen LogP contribution in [0.4, 0.5) is 11.4 Å². The minimum Gasteiger partial charge on any atom is -0.491 e. The second kappa shape index (κ2) is 18.5. The number of benzene rings is 3. The van der Waals surface area contributed by atoms with E-state index >= 15 is 0 Å². The summed E-state index contributed by atoms with van der Waals surface area (Å²) in [7, 11) is 1.00. The van der Waals surface area contributed by atoms with Gasteiger partial charge in [-0.25, -0.2) is 0 Å². The lowest BCUT2D eigenvalue weighted by Gasteiger charge is -2.43. The monoisotopic (exact) mass is 578 g/mol. The van der Waals surface area contributed by atoms with Gasteiger partial charge < -0.3 is 19.6 Å². The average Bonchev–Trinajstić information content (AvgIpc) is 3.12. The van der Waals surface area contributed by atoms with Crippen LogP contribution in [0.25, 0.3) is 0 Å². The maximum atomic E-state index is 7.00. The molecule has 1 aliphatic rings. The smallest absolute Gasteiger partial charge is 0.122 e. The van der Waals surface area contributed by atoms with Gasteiger partial charge in [-0.05, 0) is 104 Å². The Kier molecular flexibility index (Phi) is 17.2. The zero-order chi connectivity index (χ0) is 32.7. The molecule has 1 fully saturated rings. The van der Waals surface area contributed by atoms with Gasteiger partial charge in [-0.2, -0.15) is 0 Å². The van der Waals surface area contributed by atoms with E-state index < -0.39 is 0 Å². The molecule has 1 saturated heterocycles. The summed E-state index contributed by atoms with van der Waals surface area (Å²) < 4.78 is 5.64. The maximum absolute atomic E-state index is 7.00. The fourth-order valence-electron chi connectivity index (χ4n) is 5.48. The number of rotatable bonds is 5. The van der Waals surface area contributed by atoms with Crippen molar-refractivity contribution < 1.29 is 9.84 Å². The van der Waals surface area contributed by atoms with Crippen LogP contribution in [0.15, 0.2) is 72.8 Å².